The lowest BCUT2D eigenvalue weighted by atomic mass is 10.1. The third kappa shape index (κ3) is 6.29. The molecule has 2 aromatic rings. The third-order valence-corrected chi connectivity index (χ3v) is 4.70. The van der Waals surface area contributed by atoms with E-state index in [2.05, 4.69) is 25.9 Å². The van der Waals surface area contributed by atoms with Gasteiger partial charge in [0.2, 0.25) is 11.8 Å². The maximum Gasteiger partial charge on any atom is 0.271 e. The Kier molecular flexibility index (Phi) is 8.56. The van der Waals surface area contributed by atoms with Gasteiger partial charge in [-0.2, -0.15) is 4.98 Å². The summed E-state index contributed by atoms with van der Waals surface area (Å²) in [6, 6.07) is 5.25. The first-order chi connectivity index (χ1) is 14.8. The number of hydrogen-bond donors (Lipinski definition) is 4. The Morgan fingerprint density at radius 3 is 2.48 bits per heavy atom. The molecule has 0 bridgehead atoms. The molecule has 1 unspecified atom stereocenters. The molecular formula is C21H30N6O4. The van der Waals surface area contributed by atoms with Crippen LogP contribution in [0.5, 0.6) is 11.6 Å². The Bertz CT molecular complexity index is 934. The number of likely N-dealkylation sites (N-methyl/N-ethyl adjacent to an activating group) is 1. The smallest absolute Gasteiger partial charge is 0.271 e. The molecule has 10 heteroatoms. The maximum atomic E-state index is 11.9. The van der Waals surface area contributed by atoms with Crippen molar-refractivity contribution >= 4 is 23.3 Å². The fourth-order valence-corrected chi connectivity index (χ4v) is 2.85. The number of carbonyl (C=O) groups excluding carboxylic acids is 2. The van der Waals surface area contributed by atoms with E-state index < -0.39 is 5.91 Å². The average molecular weight is 431 g/mol. The number of carbonyl (C=O) groups is 2. The first kappa shape index (κ1) is 23.9. The molecule has 1 heterocycles. The van der Waals surface area contributed by atoms with Crippen LogP contribution in [0.4, 0.5) is 11.5 Å². The number of aryl methyl sites for hydroxylation is 1. The molecule has 1 aromatic carbocycles. The van der Waals surface area contributed by atoms with Crippen LogP contribution in [-0.2, 0) is 17.6 Å². The lowest BCUT2D eigenvalue weighted by molar-refractivity contribution is -0.122. The number of anilines is 2. The van der Waals surface area contributed by atoms with Gasteiger partial charge in [0.05, 0.1) is 20.3 Å². The first-order valence-corrected chi connectivity index (χ1v) is 9.97. The molecule has 0 aliphatic rings. The van der Waals surface area contributed by atoms with Crippen LogP contribution in [-0.4, -0.2) is 55.6 Å². The molecule has 0 saturated carbocycles. The maximum absolute atomic E-state index is 11.9. The standard InChI is InChI=1S/C21H30N6O4/c1-6-16-21(31-5)27-19(17(26-16)18(22)28)25-14-9-13(10-15(11-14)30-4)7-8-24-20(29)12(2)23-3/h9-12,23H,6-8H2,1-5H3,(H2,22,28)(H,24,29)(H,25,27). The number of hydrogen-bond acceptors (Lipinski definition) is 8. The SMILES string of the molecule is CCc1nc(C(N)=O)c(Nc2cc(CCNC(=O)C(C)NC)cc(OC)c2)nc1OC. The highest BCUT2D eigenvalue weighted by Crippen LogP contribution is 2.27. The van der Waals surface area contributed by atoms with Crippen LogP contribution in [0, 0.1) is 0 Å². The number of aromatic nitrogens is 2. The molecule has 1 atom stereocenters. The van der Waals surface area contributed by atoms with Gasteiger partial charge in [-0.05, 0) is 44.5 Å². The molecule has 31 heavy (non-hydrogen) atoms. The van der Waals surface area contributed by atoms with Gasteiger partial charge in [0.1, 0.15) is 11.4 Å². The lowest BCUT2D eigenvalue weighted by Gasteiger charge is -2.15. The second kappa shape index (κ2) is 11.1. The number of nitrogens with zero attached hydrogens (tertiary/aromatic N) is 2. The van der Waals surface area contributed by atoms with E-state index in [4.69, 9.17) is 15.2 Å². The summed E-state index contributed by atoms with van der Waals surface area (Å²) >= 11 is 0. The minimum atomic E-state index is -0.697. The first-order valence-electron chi connectivity index (χ1n) is 9.97. The topological polar surface area (TPSA) is 140 Å². The summed E-state index contributed by atoms with van der Waals surface area (Å²) in [6.07, 6.45) is 1.12. The van der Waals surface area contributed by atoms with Crippen molar-refractivity contribution in [2.75, 3.05) is 33.1 Å². The van der Waals surface area contributed by atoms with Crippen LogP contribution in [0.3, 0.4) is 0 Å². The largest absolute Gasteiger partial charge is 0.497 e. The number of amides is 2. The van der Waals surface area contributed by atoms with Crippen molar-refractivity contribution in [3.63, 3.8) is 0 Å². The molecule has 0 aliphatic heterocycles. The van der Waals surface area contributed by atoms with Crippen LogP contribution < -0.4 is 31.2 Å². The molecule has 2 rings (SSSR count). The Labute approximate surface area is 181 Å². The summed E-state index contributed by atoms with van der Waals surface area (Å²) in [5.74, 6) is 0.349. The number of benzene rings is 1. The zero-order chi connectivity index (χ0) is 23.0. The van der Waals surface area contributed by atoms with Crippen molar-refractivity contribution < 1.29 is 19.1 Å². The summed E-state index contributed by atoms with van der Waals surface area (Å²) in [7, 11) is 4.78. The molecule has 168 valence electrons. The van der Waals surface area contributed by atoms with Crippen molar-refractivity contribution in [1.29, 1.82) is 0 Å². The van der Waals surface area contributed by atoms with E-state index in [0.29, 0.717) is 42.4 Å². The fraction of sp³-hybridized carbons (Fsp3) is 0.429. The van der Waals surface area contributed by atoms with E-state index in [1.54, 1.807) is 27.1 Å². The van der Waals surface area contributed by atoms with Crippen molar-refractivity contribution in [3.05, 3.63) is 35.2 Å². The Morgan fingerprint density at radius 1 is 1.16 bits per heavy atom. The number of ether oxygens (including phenoxy) is 2. The summed E-state index contributed by atoms with van der Waals surface area (Å²) in [5, 5.41) is 8.86. The number of nitrogens with one attached hydrogen (secondary N) is 3. The zero-order valence-electron chi connectivity index (χ0n) is 18.5. The van der Waals surface area contributed by atoms with Gasteiger partial charge < -0.3 is 31.2 Å². The van der Waals surface area contributed by atoms with Crippen LogP contribution in [0.1, 0.15) is 35.6 Å². The van der Waals surface area contributed by atoms with Crippen LogP contribution in [0.15, 0.2) is 18.2 Å². The minimum absolute atomic E-state index is 0.0235. The van der Waals surface area contributed by atoms with Gasteiger partial charge >= 0.3 is 0 Å². The van der Waals surface area contributed by atoms with Crippen molar-refractivity contribution in [3.8, 4) is 11.6 Å². The second-order valence-electron chi connectivity index (χ2n) is 6.84. The Morgan fingerprint density at radius 2 is 1.90 bits per heavy atom. The number of nitrogens with two attached hydrogens (primary N) is 1. The normalized spacial score (nSPS) is 11.5. The van der Waals surface area contributed by atoms with Crippen molar-refractivity contribution in [1.82, 2.24) is 20.6 Å². The molecule has 0 radical (unpaired) electrons. The van der Waals surface area contributed by atoms with E-state index in [-0.39, 0.29) is 23.5 Å². The third-order valence-electron chi connectivity index (χ3n) is 4.70. The molecule has 5 N–H and O–H groups in total. The molecule has 10 nitrogen and oxygen atoms in total. The minimum Gasteiger partial charge on any atom is -0.497 e. The van der Waals surface area contributed by atoms with E-state index in [0.717, 1.165) is 5.56 Å². The fourth-order valence-electron chi connectivity index (χ4n) is 2.85. The molecular weight excluding hydrogens is 400 g/mol. The highest BCUT2D eigenvalue weighted by Gasteiger charge is 2.18. The monoisotopic (exact) mass is 430 g/mol. The zero-order valence-corrected chi connectivity index (χ0v) is 18.5. The van der Waals surface area contributed by atoms with E-state index in [1.807, 2.05) is 19.1 Å². The second-order valence-corrected chi connectivity index (χ2v) is 6.84. The summed E-state index contributed by atoms with van der Waals surface area (Å²) in [4.78, 5) is 32.5. The quantitative estimate of drug-likeness (QED) is 0.416. The van der Waals surface area contributed by atoms with Crippen LogP contribution in [0.25, 0.3) is 0 Å². The summed E-state index contributed by atoms with van der Waals surface area (Å²) < 4.78 is 10.7. The molecule has 0 spiro atoms. The van der Waals surface area contributed by atoms with Gasteiger partial charge in [0, 0.05) is 18.3 Å². The molecule has 2 amide bonds. The molecule has 0 saturated heterocycles. The average Bonchev–Trinajstić information content (AvgIpc) is 2.77. The van der Waals surface area contributed by atoms with Gasteiger partial charge in [-0.15, -0.1) is 0 Å². The number of primary amides is 1. The van der Waals surface area contributed by atoms with Gasteiger partial charge in [-0.3, -0.25) is 9.59 Å². The number of rotatable bonds is 11. The summed E-state index contributed by atoms with van der Waals surface area (Å²) in [6.45, 7) is 4.13. The van der Waals surface area contributed by atoms with Crippen LogP contribution in [0.2, 0.25) is 0 Å². The molecule has 0 aliphatic carbocycles. The van der Waals surface area contributed by atoms with Gasteiger partial charge in [0.15, 0.2) is 11.5 Å². The van der Waals surface area contributed by atoms with Gasteiger partial charge in [0.25, 0.3) is 5.91 Å². The van der Waals surface area contributed by atoms with Gasteiger partial charge in [-0.1, -0.05) is 6.92 Å². The predicted molar refractivity (Wildman–Crippen MR) is 118 cm³/mol. The highest BCUT2D eigenvalue weighted by atomic mass is 16.5. The molecule has 0 fully saturated rings. The lowest BCUT2D eigenvalue weighted by Crippen LogP contribution is -2.41. The summed E-state index contributed by atoms with van der Waals surface area (Å²) in [5.41, 5.74) is 7.62. The molecule has 1 aromatic heterocycles. The Balaban J connectivity index is 2.28. The van der Waals surface area contributed by atoms with Gasteiger partial charge in [-0.25, -0.2) is 4.98 Å². The highest BCUT2D eigenvalue weighted by molar-refractivity contribution is 5.96. The predicted octanol–water partition coefficient (Wildman–Crippen LogP) is 1.17. The van der Waals surface area contributed by atoms with Crippen molar-refractivity contribution in [2.24, 2.45) is 5.73 Å². The van der Waals surface area contributed by atoms with E-state index >= 15 is 0 Å². The van der Waals surface area contributed by atoms with E-state index in [1.165, 1.54) is 7.11 Å². The van der Waals surface area contributed by atoms with E-state index in [9.17, 15) is 9.59 Å². The number of methoxy groups -OCH3 is 2. The van der Waals surface area contributed by atoms with Crippen molar-refractivity contribution in [2.45, 2.75) is 32.7 Å². The Hall–Kier alpha value is -3.40. The van der Waals surface area contributed by atoms with Crippen LogP contribution >= 0.6 is 0 Å².